The standard InChI is InChI=1S/C28H16N2/c1-2-4-19-17(3-1)5-8-21-20(19)11-12-23-22(21)9-6-18-7-10-25-24(27(18)23)13-14-26-28(25)30-16-15-29-26/h1-16H. The van der Waals surface area contributed by atoms with Gasteiger partial charge in [-0.2, -0.15) is 0 Å². The average Bonchev–Trinajstić information content (AvgIpc) is 2.82. The summed E-state index contributed by atoms with van der Waals surface area (Å²) in [6, 6.07) is 30.8. The van der Waals surface area contributed by atoms with Crippen LogP contribution in [0.1, 0.15) is 0 Å². The van der Waals surface area contributed by atoms with Gasteiger partial charge in [0.05, 0.1) is 11.0 Å². The highest BCUT2D eigenvalue weighted by Crippen LogP contribution is 2.38. The lowest BCUT2D eigenvalue weighted by atomic mass is 9.92. The van der Waals surface area contributed by atoms with E-state index < -0.39 is 0 Å². The third kappa shape index (κ3) is 2.03. The molecule has 2 heteroatoms. The van der Waals surface area contributed by atoms with Crippen molar-refractivity contribution in [3.8, 4) is 0 Å². The van der Waals surface area contributed by atoms with Crippen molar-refractivity contribution in [1.82, 2.24) is 9.97 Å². The Balaban J connectivity index is 1.70. The molecule has 0 radical (unpaired) electrons. The van der Waals surface area contributed by atoms with E-state index in [0.717, 1.165) is 16.4 Å². The van der Waals surface area contributed by atoms with Crippen molar-refractivity contribution in [2.45, 2.75) is 0 Å². The molecular formula is C28H16N2. The quantitative estimate of drug-likeness (QED) is 0.256. The Hall–Kier alpha value is -4.04. The van der Waals surface area contributed by atoms with Gasteiger partial charge in [0.15, 0.2) is 0 Å². The van der Waals surface area contributed by atoms with E-state index in [1.54, 1.807) is 12.4 Å². The Kier molecular flexibility index (Phi) is 3.03. The summed E-state index contributed by atoms with van der Waals surface area (Å²) < 4.78 is 0. The molecule has 0 fully saturated rings. The first-order valence-corrected chi connectivity index (χ1v) is 10.2. The van der Waals surface area contributed by atoms with E-state index in [4.69, 9.17) is 0 Å². The zero-order valence-electron chi connectivity index (χ0n) is 16.1. The van der Waals surface area contributed by atoms with Gasteiger partial charge in [0.1, 0.15) is 0 Å². The van der Waals surface area contributed by atoms with Crippen LogP contribution in [0.4, 0.5) is 0 Å². The van der Waals surface area contributed by atoms with E-state index in [1.165, 1.54) is 48.5 Å². The molecule has 30 heavy (non-hydrogen) atoms. The molecule has 0 aliphatic rings. The van der Waals surface area contributed by atoms with Crippen LogP contribution >= 0.6 is 0 Å². The number of nitrogens with zero attached hydrogens (tertiary/aromatic N) is 2. The first-order valence-electron chi connectivity index (χ1n) is 10.2. The minimum Gasteiger partial charge on any atom is -0.253 e. The van der Waals surface area contributed by atoms with Crippen molar-refractivity contribution in [2.24, 2.45) is 0 Å². The molecule has 138 valence electrons. The lowest BCUT2D eigenvalue weighted by Gasteiger charge is -2.12. The van der Waals surface area contributed by atoms with Crippen LogP contribution in [-0.2, 0) is 0 Å². The number of aromatic nitrogens is 2. The third-order valence-corrected chi connectivity index (χ3v) is 6.33. The molecule has 1 heterocycles. The van der Waals surface area contributed by atoms with Gasteiger partial charge < -0.3 is 0 Å². The summed E-state index contributed by atoms with van der Waals surface area (Å²) in [4.78, 5) is 9.10. The second-order valence-electron chi connectivity index (χ2n) is 7.86. The first-order chi connectivity index (χ1) is 14.9. The molecule has 0 atom stereocenters. The number of fused-ring (bicyclic) bond motifs is 11. The zero-order valence-corrected chi connectivity index (χ0v) is 16.1. The Morgan fingerprint density at radius 1 is 0.400 bits per heavy atom. The van der Waals surface area contributed by atoms with Gasteiger partial charge >= 0.3 is 0 Å². The van der Waals surface area contributed by atoms with Gasteiger partial charge in [-0.05, 0) is 54.5 Å². The molecule has 7 aromatic rings. The number of hydrogen-bond acceptors (Lipinski definition) is 2. The summed E-state index contributed by atoms with van der Waals surface area (Å²) >= 11 is 0. The van der Waals surface area contributed by atoms with Crippen LogP contribution < -0.4 is 0 Å². The van der Waals surface area contributed by atoms with Crippen molar-refractivity contribution in [2.75, 3.05) is 0 Å². The Morgan fingerprint density at radius 2 is 1.00 bits per heavy atom. The molecule has 0 spiro atoms. The maximum absolute atomic E-state index is 4.62. The highest BCUT2D eigenvalue weighted by atomic mass is 14.8. The van der Waals surface area contributed by atoms with Gasteiger partial charge in [0.2, 0.25) is 0 Å². The molecule has 0 unspecified atom stereocenters. The molecule has 1 aromatic heterocycles. The highest BCUT2D eigenvalue weighted by molar-refractivity contribution is 6.28. The van der Waals surface area contributed by atoms with Crippen LogP contribution in [0.3, 0.4) is 0 Å². The van der Waals surface area contributed by atoms with Crippen LogP contribution in [0, 0.1) is 0 Å². The molecule has 0 aliphatic carbocycles. The largest absolute Gasteiger partial charge is 0.253 e. The fraction of sp³-hybridized carbons (Fsp3) is 0. The second kappa shape index (κ2) is 5.74. The second-order valence-corrected chi connectivity index (χ2v) is 7.86. The van der Waals surface area contributed by atoms with Crippen LogP contribution in [0.2, 0.25) is 0 Å². The smallest absolute Gasteiger partial charge is 0.0965 e. The van der Waals surface area contributed by atoms with Gasteiger partial charge in [0.25, 0.3) is 0 Å². The lowest BCUT2D eigenvalue weighted by Crippen LogP contribution is -1.87. The molecule has 0 saturated carbocycles. The van der Waals surface area contributed by atoms with Crippen molar-refractivity contribution < 1.29 is 0 Å². The monoisotopic (exact) mass is 380 g/mol. The summed E-state index contributed by atoms with van der Waals surface area (Å²) in [6.45, 7) is 0. The molecule has 2 nitrogen and oxygen atoms in total. The number of benzene rings is 6. The van der Waals surface area contributed by atoms with Gasteiger partial charge in [-0.15, -0.1) is 0 Å². The normalized spacial score (nSPS) is 12.0. The van der Waals surface area contributed by atoms with Crippen LogP contribution in [0.5, 0.6) is 0 Å². The molecule has 0 saturated heterocycles. The van der Waals surface area contributed by atoms with E-state index >= 15 is 0 Å². The molecule has 6 aromatic carbocycles. The predicted molar refractivity (Wildman–Crippen MR) is 127 cm³/mol. The van der Waals surface area contributed by atoms with Crippen molar-refractivity contribution in [3.63, 3.8) is 0 Å². The Labute approximate surface area is 172 Å². The van der Waals surface area contributed by atoms with Gasteiger partial charge in [0, 0.05) is 17.8 Å². The van der Waals surface area contributed by atoms with E-state index in [9.17, 15) is 0 Å². The van der Waals surface area contributed by atoms with E-state index in [1.807, 2.05) is 0 Å². The van der Waals surface area contributed by atoms with Gasteiger partial charge in [-0.3, -0.25) is 9.97 Å². The highest BCUT2D eigenvalue weighted by Gasteiger charge is 2.11. The average molecular weight is 380 g/mol. The third-order valence-electron chi connectivity index (χ3n) is 6.33. The Morgan fingerprint density at radius 3 is 1.93 bits per heavy atom. The summed E-state index contributed by atoms with van der Waals surface area (Å²) in [5.74, 6) is 0. The zero-order chi connectivity index (χ0) is 19.7. The molecule has 7 rings (SSSR count). The molecule has 0 aliphatic heterocycles. The maximum Gasteiger partial charge on any atom is 0.0965 e. The van der Waals surface area contributed by atoms with Crippen LogP contribution in [0.15, 0.2) is 97.3 Å². The predicted octanol–water partition coefficient (Wildman–Crippen LogP) is 7.40. The fourth-order valence-electron chi connectivity index (χ4n) is 4.98. The van der Waals surface area contributed by atoms with Gasteiger partial charge in [-0.25, -0.2) is 0 Å². The molecule has 0 amide bonds. The lowest BCUT2D eigenvalue weighted by molar-refractivity contribution is 1.30. The summed E-state index contributed by atoms with van der Waals surface area (Å²) in [5, 5.41) is 12.7. The summed E-state index contributed by atoms with van der Waals surface area (Å²) in [7, 11) is 0. The Bertz CT molecular complexity index is 1800. The van der Waals surface area contributed by atoms with Gasteiger partial charge in [-0.1, -0.05) is 78.9 Å². The summed E-state index contributed by atoms with van der Waals surface area (Å²) in [5.41, 5.74) is 1.89. The topological polar surface area (TPSA) is 25.8 Å². The van der Waals surface area contributed by atoms with E-state index in [0.29, 0.717) is 0 Å². The maximum atomic E-state index is 4.62. The number of hydrogen-bond donors (Lipinski definition) is 0. The van der Waals surface area contributed by atoms with E-state index in [-0.39, 0.29) is 0 Å². The van der Waals surface area contributed by atoms with Crippen molar-refractivity contribution in [3.05, 3.63) is 97.3 Å². The minimum absolute atomic E-state index is 0.932. The first kappa shape index (κ1) is 15.8. The molecular weight excluding hydrogens is 364 g/mol. The SMILES string of the molecule is c1ccc2c(c1)ccc1c2ccc2c1ccc1ccc3c(ccc4nccnc43)c12. The number of rotatable bonds is 0. The molecule has 0 N–H and O–H groups in total. The minimum atomic E-state index is 0.932. The van der Waals surface area contributed by atoms with E-state index in [2.05, 4.69) is 94.9 Å². The van der Waals surface area contributed by atoms with Crippen LogP contribution in [0.25, 0.3) is 64.9 Å². The van der Waals surface area contributed by atoms with Crippen molar-refractivity contribution in [1.29, 1.82) is 0 Å². The van der Waals surface area contributed by atoms with Crippen LogP contribution in [-0.4, -0.2) is 9.97 Å². The fourth-order valence-corrected chi connectivity index (χ4v) is 4.98. The van der Waals surface area contributed by atoms with Crippen molar-refractivity contribution >= 4 is 64.9 Å². The molecule has 0 bridgehead atoms. The summed E-state index contributed by atoms with van der Waals surface area (Å²) in [6.07, 6.45) is 3.52.